The number of rotatable bonds is 22. The van der Waals surface area contributed by atoms with Crippen LogP contribution in [0.1, 0.15) is 84.0 Å². The van der Waals surface area contributed by atoms with E-state index in [1.165, 1.54) is 44.9 Å². The lowest BCUT2D eigenvalue weighted by atomic mass is 9.83. The molecule has 2 heterocycles. The highest BCUT2D eigenvalue weighted by Gasteiger charge is 2.52. The van der Waals surface area contributed by atoms with Crippen molar-refractivity contribution in [2.75, 3.05) is 26.3 Å². The quantitative estimate of drug-likeness (QED) is 0.0359. The van der Waals surface area contributed by atoms with Crippen molar-refractivity contribution in [2.24, 2.45) is 22.9 Å². The number of aliphatic hydroxyl groups is 8. The SMILES string of the molecule is CCCCCCCCCCCCOS(=O)(=O)O.NCC[C@H](O)C(=O)N[C@@H]1C[C@H](N)[C@@H](O[C@H]2O[C@H](CN)[C@@H](O)[C@H](O)[C@H]2O)[C@H](O)[C@H]1O[C@H]1O[C@H](CO)[C@@H](O)[C@H](N)[C@H]1O. The maximum Gasteiger partial charge on any atom is 0.397 e. The van der Waals surface area contributed by atoms with Gasteiger partial charge in [0.2, 0.25) is 5.91 Å². The predicted octanol–water partition coefficient (Wildman–Crippen LogP) is -4.70. The molecule has 0 unspecified atom stereocenters. The molecule has 338 valence electrons. The molecule has 1 amide bonds. The van der Waals surface area contributed by atoms with Gasteiger partial charge in [-0.2, -0.15) is 8.42 Å². The molecular formula is C34H69N5O17S. The summed E-state index contributed by atoms with van der Waals surface area (Å²) in [5.41, 5.74) is 23.1. The van der Waals surface area contributed by atoms with Gasteiger partial charge in [-0.15, -0.1) is 0 Å². The Morgan fingerprint density at radius 2 is 1.32 bits per heavy atom. The molecule has 3 fully saturated rings. The lowest BCUT2D eigenvalue weighted by Gasteiger charge is -2.49. The molecule has 1 saturated carbocycles. The Kier molecular flexibility index (Phi) is 23.8. The van der Waals surface area contributed by atoms with Gasteiger partial charge in [0.15, 0.2) is 12.6 Å². The first kappa shape index (κ1) is 51.8. The van der Waals surface area contributed by atoms with Gasteiger partial charge in [-0.3, -0.25) is 9.35 Å². The van der Waals surface area contributed by atoms with E-state index in [2.05, 4.69) is 16.4 Å². The maximum absolute atomic E-state index is 12.6. The molecular weight excluding hydrogens is 782 g/mol. The van der Waals surface area contributed by atoms with E-state index < -0.39 is 121 Å². The zero-order chi connectivity index (χ0) is 42.9. The Morgan fingerprint density at radius 3 is 1.86 bits per heavy atom. The van der Waals surface area contributed by atoms with E-state index in [9.17, 15) is 54.1 Å². The van der Waals surface area contributed by atoms with Crippen molar-refractivity contribution in [1.29, 1.82) is 0 Å². The van der Waals surface area contributed by atoms with Gasteiger partial charge in [-0.25, -0.2) is 4.18 Å². The number of carbonyl (C=O) groups excluding carboxylic acids is 1. The molecule has 0 aromatic heterocycles. The fraction of sp³-hybridized carbons (Fsp3) is 0.971. The van der Waals surface area contributed by atoms with Crippen LogP contribution in [0.15, 0.2) is 0 Å². The maximum atomic E-state index is 12.6. The second-order valence-electron chi connectivity index (χ2n) is 14.8. The zero-order valence-electron chi connectivity index (χ0n) is 32.6. The van der Waals surface area contributed by atoms with Crippen LogP contribution >= 0.6 is 0 Å². The van der Waals surface area contributed by atoms with Gasteiger partial charge in [0.1, 0.15) is 67.1 Å². The minimum Gasteiger partial charge on any atom is -0.394 e. The number of hydrogen-bond donors (Lipinski definition) is 14. The van der Waals surface area contributed by atoms with Gasteiger partial charge in [0.05, 0.1) is 25.3 Å². The summed E-state index contributed by atoms with van der Waals surface area (Å²) in [6, 6.07) is -3.45. The fourth-order valence-electron chi connectivity index (χ4n) is 6.82. The number of ether oxygens (including phenoxy) is 4. The van der Waals surface area contributed by atoms with E-state index in [0.29, 0.717) is 6.42 Å². The third-order valence-electron chi connectivity index (χ3n) is 10.2. The number of aliphatic hydroxyl groups excluding tert-OH is 8. The van der Waals surface area contributed by atoms with E-state index in [0.717, 1.165) is 12.8 Å². The van der Waals surface area contributed by atoms with E-state index in [1.807, 2.05) is 0 Å². The topological polar surface area (TPSA) is 396 Å². The number of nitrogens with two attached hydrogens (primary N) is 4. The highest BCUT2D eigenvalue weighted by Crippen LogP contribution is 2.32. The standard InChI is InChI=1S/C22H43N5O13.C12H26O4S/c23-2-1-8(29)20(36)27-7-3-6(25)18(39-22-16(34)15(33)13(31)9(4-24)37-22)17(35)19(7)40-21-14(32)11(26)12(30)10(5-28)38-21;1-2-3-4-5-6-7-8-9-10-11-12-16-17(13,14)15/h6-19,21-22,28-35H,1-5,23-26H2,(H,27,36);2-12H2,1H3,(H,13,14,15)/t6-,7+,8-,9+,10+,11-,12+,13+,14+,15-,16+,17-,18+,19-,21+,22+;/m0./s1. The Hall–Kier alpha value is -1.30. The van der Waals surface area contributed by atoms with Crippen molar-refractivity contribution in [3.63, 3.8) is 0 Å². The molecule has 2 aliphatic heterocycles. The number of nitrogens with one attached hydrogen (secondary N) is 1. The van der Waals surface area contributed by atoms with Crippen molar-refractivity contribution in [3.05, 3.63) is 0 Å². The number of unbranched alkanes of at least 4 members (excludes halogenated alkanes) is 9. The molecule has 18 N–H and O–H groups in total. The average molecular weight is 852 g/mol. The van der Waals surface area contributed by atoms with E-state index in [-0.39, 0.29) is 32.5 Å². The summed E-state index contributed by atoms with van der Waals surface area (Å²) in [5.74, 6) is -0.845. The molecule has 0 spiro atoms. The van der Waals surface area contributed by atoms with Gasteiger partial charge >= 0.3 is 10.4 Å². The van der Waals surface area contributed by atoms with Crippen LogP contribution in [-0.4, -0.2) is 184 Å². The summed E-state index contributed by atoms with van der Waals surface area (Å²) >= 11 is 0. The molecule has 0 bridgehead atoms. The van der Waals surface area contributed by atoms with E-state index >= 15 is 0 Å². The normalized spacial score (nSPS) is 36.6. The largest absolute Gasteiger partial charge is 0.397 e. The van der Waals surface area contributed by atoms with Crippen LogP contribution in [0.5, 0.6) is 0 Å². The van der Waals surface area contributed by atoms with Gasteiger partial charge in [-0.05, 0) is 25.8 Å². The minimum absolute atomic E-state index is 0.0101. The van der Waals surface area contributed by atoms with Gasteiger partial charge < -0.3 is 88.1 Å². The Morgan fingerprint density at radius 1 is 0.772 bits per heavy atom. The van der Waals surface area contributed by atoms with Crippen molar-refractivity contribution >= 4 is 16.3 Å². The second kappa shape index (κ2) is 26.1. The van der Waals surface area contributed by atoms with Gasteiger partial charge in [0.25, 0.3) is 0 Å². The van der Waals surface area contributed by atoms with Crippen LogP contribution in [0.4, 0.5) is 0 Å². The van der Waals surface area contributed by atoms with Crippen LogP contribution in [0.2, 0.25) is 0 Å². The predicted molar refractivity (Wildman–Crippen MR) is 201 cm³/mol. The van der Waals surface area contributed by atoms with E-state index in [1.54, 1.807) is 0 Å². The first-order valence-corrected chi connectivity index (χ1v) is 21.1. The monoisotopic (exact) mass is 851 g/mol. The van der Waals surface area contributed by atoms with Crippen LogP contribution < -0.4 is 28.3 Å². The molecule has 16 atom stereocenters. The smallest absolute Gasteiger partial charge is 0.394 e. The Balaban J connectivity index is 0.000000555. The Bertz CT molecular complexity index is 1230. The third-order valence-corrected chi connectivity index (χ3v) is 10.7. The fourth-order valence-corrected chi connectivity index (χ4v) is 7.15. The highest BCUT2D eigenvalue weighted by molar-refractivity contribution is 7.80. The van der Waals surface area contributed by atoms with Crippen LogP contribution in [0.3, 0.4) is 0 Å². The molecule has 0 radical (unpaired) electrons. The molecule has 0 aromatic carbocycles. The molecule has 1 aliphatic carbocycles. The van der Waals surface area contributed by atoms with Crippen molar-refractivity contribution in [1.82, 2.24) is 5.32 Å². The lowest BCUT2D eigenvalue weighted by Crippen LogP contribution is -2.69. The first-order valence-electron chi connectivity index (χ1n) is 19.7. The van der Waals surface area contributed by atoms with Crippen LogP contribution in [0.25, 0.3) is 0 Å². The van der Waals surface area contributed by atoms with Crippen molar-refractivity contribution in [2.45, 2.75) is 182 Å². The molecule has 23 heteroatoms. The van der Waals surface area contributed by atoms with Crippen LogP contribution in [-0.2, 0) is 38.3 Å². The minimum atomic E-state index is -4.23. The number of hydrogen-bond acceptors (Lipinski definition) is 20. The highest BCUT2D eigenvalue weighted by atomic mass is 32.3. The van der Waals surface area contributed by atoms with Crippen molar-refractivity contribution in [3.8, 4) is 0 Å². The molecule has 3 aliphatic rings. The summed E-state index contributed by atoms with van der Waals surface area (Å²) < 4.78 is 55.5. The summed E-state index contributed by atoms with van der Waals surface area (Å²) in [5, 5.41) is 84.9. The zero-order valence-corrected chi connectivity index (χ0v) is 33.4. The third kappa shape index (κ3) is 16.6. The molecule has 22 nitrogen and oxygen atoms in total. The lowest BCUT2D eigenvalue weighted by molar-refractivity contribution is -0.332. The number of amides is 1. The van der Waals surface area contributed by atoms with E-state index in [4.69, 9.17) is 46.4 Å². The summed E-state index contributed by atoms with van der Waals surface area (Å²) in [6.07, 6.45) is -7.97. The van der Waals surface area contributed by atoms with Crippen molar-refractivity contribution < 1.29 is 81.7 Å². The average Bonchev–Trinajstić information content (AvgIpc) is 3.16. The molecule has 0 aromatic rings. The van der Waals surface area contributed by atoms with Gasteiger partial charge in [-0.1, -0.05) is 64.7 Å². The second-order valence-corrected chi connectivity index (χ2v) is 15.9. The summed E-state index contributed by atoms with van der Waals surface area (Å²) in [6.45, 7) is 1.41. The van der Waals surface area contributed by atoms with Crippen LogP contribution in [0, 0.1) is 0 Å². The Labute approximate surface area is 334 Å². The molecule has 3 rings (SSSR count). The summed E-state index contributed by atoms with van der Waals surface area (Å²) in [7, 11) is -4.23. The molecule has 2 saturated heterocycles. The molecule has 57 heavy (non-hydrogen) atoms. The number of carbonyl (C=O) groups is 1. The first-order chi connectivity index (χ1) is 26.9. The van der Waals surface area contributed by atoms with Gasteiger partial charge in [0, 0.05) is 12.6 Å². The summed E-state index contributed by atoms with van der Waals surface area (Å²) in [4.78, 5) is 12.6.